The smallest absolute Gasteiger partial charge is 0.0974 e. The molecule has 3 heteroatoms. The lowest BCUT2D eigenvalue weighted by atomic mass is 9.58. The minimum Gasteiger partial charge on any atom is -0.359 e. The van der Waals surface area contributed by atoms with E-state index in [1.807, 2.05) is 12.4 Å². The number of nitrogens with zero attached hydrogens (tertiary/aromatic N) is 2. The third kappa shape index (κ3) is 2.67. The van der Waals surface area contributed by atoms with Gasteiger partial charge in [0, 0.05) is 23.8 Å². The maximum atomic E-state index is 7.42. The summed E-state index contributed by atoms with van der Waals surface area (Å²) >= 11 is 0. The molecule has 5 aliphatic rings. The van der Waals surface area contributed by atoms with Gasteiger partial charge in [0.1, 0.15) is 0 Å². The van der Waals surface area contributed by atoms with Crippen LogP contribution in [0.25, 0.3) is 10.8 Å². The molecule has 1 aromatic heterocycles. The number of benzene rings is 1. The lowest BCUT2D eigenvalue weighted by Crippen LogP contribution is -2.55. The van der Waals surface area contributed by atoms with Crippen LogP contribution in [0, 0.1) is 11.3 Å². The Morgan fingerprint density at radius 3 is 2.85 bits per heavy atom. The van der Waals surface area contributed by atoms with E-state index >= 15 is 0 Å². The van der Waals surface area contributed by atoms with Crippen molar-refractivity contribution in [2.24, 2.45) is 11.3 Å². The predicted octanol–water partition coefficient (Wildman–Crippen LogP) is 6.41. The Balaban J connectivity index is 1.28. The Bertz CT molecular complexity index is 1200. The molecule has 1 saturated heterocycles. The highest BCUT2D eigenvalue weighted by Crippen LogP contribution is 2.69. The van der Waals surface area contributed by atoms with E-state index in [1.165, 1.54) is 73.3 Å². The minimum atomic E-state index is -0.0577. The van der Waals surface area contributed by atoms with E-state index in [-0.39, 0.29) is 16.6 Å². The minimum absolute atomic E-state index is 0.00448. The summed E-state index contributed by atoms with van der Waals surface area (Å²) in [6.07, 6.45) is 18.9. The summed E-state index contributed by atoms with van der Waals surface area (Å²) in [7, 11) is 4.49. The van der Waals surface area contributed by atoms with Gasteiger partial charge in [-0.1, -0.05) is 31.2 Å². The molecule has 2 saturated carbocycles. The lowest BCUT2D eigenvalue weighted by molar-refractivity contribution is -0.139. The van der Waals surface area contributed by atoms with E-state index in [4.69, 9.17) is 4.74 Å². The Labute approximate surface area is 197 Å². The van der Waals surface area contributed by atoms with Crippen molar-refractivity contribution in [3.63, 3.8) is 0 Å². The molecule has 7 rings (SSSR count). The van der Waals surface area contributed by atoms with Gasteiger partial charge < -0.3 is 9.64 Å². The largest absolute Gasteiger partial charge is 0.359 e. The molecule has 4 unspecified atom stereocenters. The molecule has 33 heavy (non-hydrogen) atoms. The van der Waals surface area contributed by atoms with Crippen molar-refractivity contribution >= 4 is 10.8 Å². The lowest BCUT2D eigenvalue weighted by Gasteiger charge is -2.54. The number of hydrogen-bond donors (Lipinski definition) is 0. The summed E-state index contributed by atoms with van der Waals surface area (Å²) in [6.45, 7) is 2.57. The van der Waals surface area contributed by atoms with E-state index in [1.54, 1.807) is 5.57 Å². The van der Waals surface area contributed by atoms with E-state index < -0.39 is 0 Å². The van der Waals surface area contributed by atoms with Gasteiger partial charge in [-0.2, -0.15) is 0 Å². The molecule has 2 bridgehead atoms. The molecule has 3 nitrogen and oxygen atoms in total. The Hall–Kier alpha value is -1.97. The second-order valence-electron chi connectivity index (χ2n) is 12.0. The number of aromatic nitrogens is 1. The van der Waals surface area contributed by atoms with Crippen LogP contribution in [-0.4, -0.2) is 41.2 Å². The van der Waals surface area contributed by atoms with Crippen LogP contribution in [0.3, 0.4) is 0 Å². The SMILES string of the molecule is CN(C)C1CCC2=CC3=CCC4(C)C(c5ccc6ccncc6c5)CCC4[C@@]34CC[C@]2(C1)O4. The van der Waals surface area contributed by atoms with Gasteiger partial charge in [-0.05, 0) is 117 Å². The van der Waals surface area contributed by atoms with Crippen molar-refractivity contribution in [2.75, 3.05) is 14.1 Å². The zero-order valence-electron chi connectivity index (χ0n) is 20.3. The molecule has 6 atom stereocenters. The molecule has 1 aromatic carbocycles. The van der Waals surface area contributed by atoms with Gasteiger partial charge in [0.25, 0.3) is 0 Å². The van der Waals surface area contributed by atoms with Crippen molar-refractivity contribution < 1.29 is 4.74 Å². The van der Waals surface area contributed by atoms with Gasteiger partial charge in [0.05, 0.1) is 11.2 Å². The maximum absolute atomic E-state index is 7.42. The van der Waals surface area contributed by atoms with Gasteiger partial charge in [-0.3, -0.25) is 4.98 Å². The fourth-order valence-electron chi connectivity index (χ4n) is 8.69. The van der Waals surface area contributed by atoms with Crippen LogP contribution in [0.5, 0.6) is 0 Å². The van der Waals surface area contributed by atoms with Gasteiger partial charge in [0.15, 0.2) is 0 Å². The molecule has 2 aromatic rings. The predicted molar refractivity (Wildman–Crippen MR) is 133 cm³/mol. The van der Waals surface area contributed by atoms with Crippen LogP contribution in [-0.2, 0) is 4.74 Å². The summed E-state index contributed by atoms with van der Waals surface area (Å²) in [5.41, 5.74) is 4.82. The summed E-state index contributed by atoms with van der Waals surface area (Å²) in [6, 6.07) is 9.86. The quantitative estimate of drug-likeness (QED) is 0.540. The number of pyridine rings is 1. The number of rotatable bonds is 2. The fraction of sp³-hybridized carbons (Fsp3) is 0.567. The van der Waals surface area contributed by atoms with Gasteiger partial charge in [0.2, 0.25) is 0 Å². The Morgan fingerprint density at radius 2 is 1.97 bits per heavy atom. The Morgan fingerprint density at radius 1 is 1.06 bits per heavy atom. The summed E-state index contributed by atoms with van der Waals surface area (Å²) in [5.74, 6) is 1.20. The summed E-state index contributed by atoms with van der Waals surface area (Å²) < 4.78 is 7.42. The summed E-state index contributed by atoms with van der Waals surface area (Å²) in [4.78, 5) is 6.81. The fourth-order valence-corrected chi connectivity index (χ4v) is 8.69. The molecule has 3 fully saturated rings. The standard InChI is InChI=1S/C30H36N2O/c1-28-12-10-24-17-23-6-7-25(32(2)3)18-29(23)13-14-30(24,33-29)27(28)9-8-26(28)21-5-4-20-11-15-31-19-22(20)16-21/h4-5,10-11,15-17,19,25-27H,6-9,12-14,18H2,1-3H3/t25?,26?,27?,28?,29-,30-/m1/s1. The van der Waals surface area contributed by atoms with E-state index in [9.17, 15) is 0 Å². The highest BCUT2D eigenvalue weighted by Gasteiger charge is 2.66. The molecule has 3 aliphatic carbocycles. The molecule has 2 aliphatic heterocycles. The van der Waals surface area contributed by atoms with Crippen molar-refractivity contribution in [1.29, 1.82) is 0 Å². The molecule has 172 valence electrons. The monoisotopic (exact) mass is 440 g/mol. The first kappa shape index (κ1) is 20.4. The van der Waals surface area contributed by atoms with Crippen LogP contribution in [0.4, 0.5) is 0 Å². The van der Waals surface area contributed by atoms with Gasteiger partial charge in [-0.15, -0.1) is 0 Å². The highest BCUT2D eigenvalue weighted by molar-refractivity contribution is 5.82. The van der Waals surface area contributed by atoms with Gasteiger partial charge in [-0.25, -0.2) is 0 Å². The molecule has 0 N–H and O–H groups in total. The van der Waals surface area contributed by atoms with E-state index in [0.717, 1.165) is 0 Å². The van der Waals surface area contributed by atoms with Crippen LogP contribution in [0.15, 0.2) is 60.0 Å². The molecule has 0 amide bonds. The second-order valence-corrected chi connectivity index (χ2v) is 12.0. The van der Waals surface area contributed by atoms with Crippen molar-refractivity contribution in [3.8, 4) is 0 Å². The van der Waals surface area contributed by atoms with Crippen molar-refractivity contribution in [3.05, 3.63) is 65.5 Å². The van der Waals surface area contributed by atoms with E-state index in [2.05, 4.69) is 67.3 Å². The first-order chi connectivity index (χ1) is 15.9. The third-order valence-corrected chi connectivity index (χ3v) is 10.5. The van der Waals surface area contributed by atoms with Gasteiger partial charge >= 0.3 is 0 Å². The van der Waals surface area contributed by atoms with Crippen LogP contribution in [0.2, 0.25) is 0 Å². The first-order valence-electron chi connectivity index (χ1n) is 13.1. The van der Waals surface area contributed by atoms with Crippen molar-refractivity contribution in [1.82, 2.24) is 9.88 Å². The molecule has 0 radical (unpaired) electrons. The normalized spacial score (nSPS) is 41.4. The number of fused-ring (bicyclic) bond motifs is 2. The average molecular weight is 441 g/mol. The topological polar surface area (TPSA) is 25.4 Å². The third-order valence-electron chi connectivity index (χ3n) is 10.5. The zero-order valence-corrected chi connectivity index (χ0v) is 20.3. The van der Waals surface area contributed by atoms with E-state index in [0.29, 0.717) is 17.9 Å². The number of ether oxygens (including phenoxy) is 1. The van der Waals surface area contributed by atoms with Crippen LogP contribution < -0.4 is 0 Å². The van der Waals surface area contributed by atoms with Crippen molar-refractivity contribution in [2.45, 2.75) is 81.5 Å². The maximum Gasteiger partial charge on any atom is 0.0974 e. The van der Waals surface area contributed by atoms with Crippen LogP contribution >= 0.6 is 0 Å². The van der Waals surface area contributed by atoms with Crippen LogP contribution in [0.1, 0.15) is 69.8 Å². The first-order valence-corrected chi connectivity index (χ1v) is 13.1. The summed E-state index contributed by atoms with van der Waals surface area (Å²) in [5, 5.41) is 2.56. The Kier molecular flexibility index (Phi) is 4.20. The molecule has 3 heterocycles. The molecular weight excluding hydrogens is 404 g/mol. The zero-order chi connectivity index (χ0) is 22.4. The molecular formula is C30H36N2O. The molecule has 2 spiro atoms. The number of hydrogen-bond acceptors (Lipinski definition) is 3. The number of allylic oxidation sites excluding steroid dienone is 1. The highest BCUT2D eigenvalue weighted by atomic mass is 16.5. The second kappa shape index (κ2) is 6.79. The average Bonchev–Trinajstić information content (AvgIpc) is 3.33.